The maximum atomic E-state index is 12.0. The number of hydrogen-bond acceptors (Lipinski definition) is 4. The van der Waals surface area contributed by atoms with Crippen LogP contribution in [-0.4, -0.2) is 19.9 Å². The highest BCUT2D eigenvalue weighted by molar-refractivity contribution is 5.83. The molecule has 1 aromatic carbocycles. The second-order valence-corrected chi connectivity index (χ2v) is 5.61. The van der Waals surface area contributed by atoms with Crippen LogP contribution in [0.5, 0.6) is 0 Å². The molecule has 0 amide bonds. The molecule has 3 heterocycles. The zero-order valence-corrected chi connectivity index (χ0v) is 13.2. The van der Waals surface area contributed by atoms with Gasteiger partial charge in [-0.2, -0.15) is 4.98 Å². The standard InChI is InChI=1S/C19H15N5O/c20-19-23-17-15(18(25)24-19)11-16(22-17)13-8-9-21-14(10-13)7-6-12-4-2-1-3-5-12/h1-11H,(H4,20,22,23,24,25). The number of nitrogen functional groups attached to an aromatic ring is 1. The lowest BCUT2D eigenvalue weighted by Crippen LogP contribution is -2.09. The van der Waals surface area contributed by atoms with Crippen LogP contribution in [0.2, 0.25) is 0 Å². The van der Waals surface area contributed by atoms with Crippen LogP contribution in [0.4, 0.5) is 5.95 Å². The van der Waals surface area contributed by atoms with E-state index in [-0.39, 0.29) is 11.5 Å². The van der Waals surface area contributed by atoms with Gasteiger partial charge in [0.05, 0.1) is 11.1 Å². The van der Waals surface area contributed by atoms with Crippen molar-refractivity contribution < 1.29 is 0 Å². The number of nitrogens with two attached hydrogens (primary N) is 1. The molecule has 0 spiro atoms. The Labute approximate surface area is 143 Å². The van der Waals surface area contributed by atoms with Crippen molar-refractivity contribution in [3.63, 3.8) is 0 Å². The zero-order chi connectivity index (χ0) is 17.2. The number of rotatable bonds is 3. The minimum atomic E-state index is -0.261. The molecule has 0 aliphatic heterocycles. The summed E-state index contributed by atoms with van der Waals surface area (Å²) in [6, 6.07) is 15.6. The Hall–Kier alpha value is -3.67. The third-order valence-electron chi connectivity index (χ3n) is 3.85. The molecule has 0 aliphatic carbocycles. The lowest BCUT2D eigenvalue weighted by atomic mass is 10.1. The van der Waals surface area contributed by atoms with E-state index in [1.807, 2.05) is 54.6 Å². The highest BCUT2D eigenvalue weighted by Crippen LogP contribution is 2.22. The first-order valence-corrected chi connectivity index (χ1v) is 7.77. The van der Waals surface area contributed by atoms with Gasteiger partial charge in [0.2, 0.25) is 5.95 Å². The first kappa shape index (κ1) is 14.9. The fourth-order valence-corrected chi connectivity index (χ4v) is 2.65. The molecule has 0 radical (unpaired) electrons. The zero-order valence-electron chi connectivity index (χ0n) is 13.2. The predicted molar refractivity (Wildman–Crippen MR) is 99.7 cm³/mol. The van der Waals surface area contributed by atoms with E-state index in [2.05, 4.69) is 19.9 Å². The maximum absolute atomic E-state index is 12.0. The van der Waals surface area contributed by atoms with E-state index < -0.39 is 0 Å². The molecule has 4 aromatic rings. The van der Waals surface area contributed by atoms with Crippen LogP contribution in [0.25, 0.3) is 34.4 Å². The number of nitrogens with one attached hydrogen (secondary N) is 2. The average Bonchev–Trinajstić information content (AvgIpc) is 3.06. The Kier molecular flexibility index (Phi) is 3.63. The van der Waals surface area contributed by atoms with Gasteiger partial charge in [-0.1, -0.05) is 36.4 Å². The molecule has 4 N–H and O–H groups in total. The van der Waals surface area contributed by atoms with Crippen LogP contribution < -0.4 is 11.3 Å². The first-order chi connectivity index (χ1) is 12.2. The van der Waals surface area contributed by atoms with Crippen molar-refractivity contribution in [3.8, 4) is 11.3 Å². The Balaban J connectivity index is 1.71. The van der Waals surface area contributed by atoms with E-state index >= 15 is 0 Å². The lowest BCUT2D eigenvalue weighted by molar-refractivity contribution is 1.17. The van der Waals surface area contributed by atoms with E-state index in [0.29, 0.717) is 11.0 Å². The van der Waals surface area contributed by atoms with Crippen LogP contribution in [0.1, 0.15) is 11.3 Å². The molecule has 6 heteroatoms. The molecule has 25 heavy (non-hydrogen) atoms. The average molecular weight is 329 g/mol. The summed E-state index contributed by atoms with van der Waals surface area (Å²) in [5, 5.41) is 0.474. The summed E-state index contributed by atoms with van der Waals surface area (Å²) in [6.45, 7) is 0. The van der Waals surface area contributed by atoms with Gasteiger partial charge in [0, 0.05) is 17.5 Å². The number of aromatic nitrogens is 4. The molecular weight excluding hydrogens is 314 g/mol. The lowest BCUT2D eigenvalue weighted by Gasteiger charge is -1.99. The number of nitrogens with zero attached hydrogens (tertiary/aromatic N) is 2. The van der Waals surface area contributed by atoms with Gasteiger partial charge in [0.25, 0.3) is 5.56 Å². The number of aromatic amines is 2. The van der Waals surface area contributed by atoms with E-state index in [1.165, 1.54) is 0 Å². The smallest absolute Gasteiger partial charge is 0.261 e. The summed E-state index contributed by atoms with van der Waals surface area (Å²) in [5.74, 6) is 0.0899. The normalized spacial score (nSPS) is 11.4. The molecule has 0 unspecified atom stereocenters. The van der Waals surface area contributed by atoms with Crippen LogP contribution in [0.15, 0.2) is 59.5 Å². The number of hydrogen-bond donors (Lipinski definition) is 3. The van der Waals surface area contributed by atoms with Crippen LogP contribution >= 0.6 is 0 Å². The molecule has 0 saturated heterocycles. The summed E-state index contributed by atoms with van der Waals surface area (Å²) >= 11 is 0. The summed E-state index contributed by atoms with van der Waals surface area (Å²) in [6.07, 6.45) is 5.69. The SMILES string of the molecule is Nc1nc2[nH]c(-c3ccnc(C=Cc4ccccc4)c3)cc2c(=O)[nH]1. The number of benzene rings is 1. The molecule has 4 rings (SSSR count). The van der Waals surface area contributed by atoms with Crippen LogP contribution in [0.3, 0.4) is 0 Å². The van der Waals surface area contributed by atoms with Gasteiger partial charge in [-0.05, 0) is 29.8 Å². The fraction of sp³-hybridized carbons (Fsp3) is 0. The number of anilines is 1. The molecule has 6 nitrogen and oxygen atoms in total. The largest absolute Gasteiger partial charge is 0.369 e. The third-order valence-corrected chi connectivity index (χ3v) is 3.85. The second kappa shape index (κ2) is 6.09. The van der Waals surface area contributed by atoms with E-state index in [4.69, 9.17) is 5.73 Å². The minimum Gasteiger partial charge on any atom is -0.369 e. The fourth-order valence-electron chi connectivity index (χ4n) is 2.65. The molecule has 122 valence electrons. The maximum Gasteiger partial charge on any atom is 0.261 e. The van der Waals surface area contributed by atoms with Gasteiger partial charge in [-0.15, -0.1) is 0 Å². The second-order valence-electron chi connectivity index (χ2n) is 5.61. The van der Waals surface area contributed by atoms with Gasteiger partial charge >= 0.3 is 0 Å². The van der Waals surface area contributed by atoms with Gasteiger partial charge in [-0.3, -0.25) is 14.8 Å². The Morgan fingerprint density at radius 1 is 1.00 bits per heavy atom. The van der Waals surface area contributed by atoms with Gasteiger partial charge < -0.3 is 10.7 Å². The van der Waals surface area contributed by atoms with Crippen LogP contribution in [-0.2, 0) is 0 Å². The Morgan fingerprint density at radius 3 is 2.68 bits per heavy atom. The molecule has 0 atom stereocenters. The number of pyridine rings is 1. The highest BCUT2D eigenvalue weighted by atomic mass is 16.1. The highest BCUT2D eigenvalue weighted by Gasteiger charge is 2.08. The summed E-state index contributed by atoms with van der Waals surface area (Å²) in [5.41, 5.74) is 9.42. The number of fused-ring (bicyclic) bond motifs is 1. The first-order valence-electron chi connectivity index (χ1n) is 7.77. The van der Waals surface area contributed by atoms with Gasteiger partial charge in [-0.25, -0.2) is 0 Å². The molecule has 0 aliphatic rings. The van der Waals surface area contributed by atoms with Crippen molar-refractivity contribution >= 4 is 29.1 Å². The summed E-state index contributed by atoms with van der Waals surface area (Å²) in [4.78, 5) is 26.1. The molecule has 0 bridgehead atoms. The van der Waals surface area contributed by atoms with E-state index in [0.717, 1.165) is 22.5 Å². The van der Waals surface area contributed by atoms with E-state index in [9.17, 15) is 4.79 Å². The monoisotopic (exact) mass is 329 g/mol. The van der Waals surface area contributed by atoms with Crippen molar-refractivity contribution in [1.82, 2.24) is 19.9 Å². The van der Waals surface area contributed by atoms with Gasteiger partial charge in [0.1, 0.15) is 5.65 Å². The quantitative estimate of drug-likeness (QED) is 0.538. The molecular formula is C19H15N5O. The van der Waals surface area contributed by atoms with Crippen molar-refractivity contribution in [2.45, 2.75) is 0 Å². The van der Waals surface area contributed by atoms with Crippen molar-refractivity contribution in [2.75, 3.05) is 5.73 Å². The summed E-state index contributed by atoms with van der Waals surface area (Å²) < 4.78 is 0. The predicted octanol–water partition coefficient (Wildman–Crippen LogP) is 3.07. The summed E-state index contributed by atoms with van der Waals surface area (Å²) in [7, 11) is 0. The number of H-pyrrole nitrogens is 2. The molecule has 0 saturated carbocycles. The van der Waals surface area contributed by atoms with Crippen LogP contribution in [0, 0.1) is 0 Å². The van der Waals surface area contributed by atoms with Crippen molar-refractivity contribution in [1.29, 1.82) is 0 Å². The van der Waals surface area contributed by atoms with Crippen molar-refractivity contribution in [3.05, 3.63) is 76.3 Å². The Bertz CT molecular complexity index is 1130. The van der Waals surface area contributed by atoms with Gasteiger partial charge in [0.15, 0.2) is 0 Å². The topological polar surface area (TPSA) is 100 Å². The van der Waals surface area contributed by atoms with Crippen molar-refractivity contribution in [2.24, 2.45) is 0 Å². The Morgan fingerprint density at radius 2 is 1.84 bits per heavy atom. The minimum absolute atomic E-state index is 0.0899. The molecule has 3 aromatic heterocycles. The molecule has 0 fully saturated rings. The third kappa shape index (κ3) is 3.05. The van der Waals surface area contributed by atoms with E-state index in [1.54, 1.807) is 12.3 Å².